The van der Waals surface area contributed by atoms with Crippen molar-refractivity contribution in [2.75, 3.05) is 5.32 Å². The summed E-state index contributed by atoms with van der Waals surface area (Å²) in [5.41, 5.74) is 0.229. The number of hydrogen-bond acceptors (Lipinski definition) is 5. The maximum absolute atomic E-state index is 14.1. The van der Waals surface area contributed by atoms with Gasteiger partial charge in [-0.2, -0.15) is 0 Å². The molecular formula is C15H11ClFN3O2S. The molecule has 0 saturated carbocycles. The Balaban J connectivity index is 2.04. The number of nitrogens with one attached hydrogen (secondary N) is 1. The first kappa shape index (κ1) is 15.6. The van der Waals surface area contributed by atoms with E-state index in [1.165, 1.54) is 29.5 Å². The molecule has 0 fully saturated rings. The Hall–Kier alpha value is -2.25. The highest BCUT2D eigenvalue weighted by atomic mass is 35.5. The molecule has 118 valence electrons. The molecule has 1 amide bonds. The molecule has 2 aromatic heterocycles. The molecule has 3 aromatic rings. The van der Waals surface area contributed by atoms with Crippen LogP contribution in [0.5, 0.6) is 0 Å². The van der Waals surface area contributed by atoms with E-state index >= 15 is 0 Å². The van der Waals surface area contributed by atoms with Crippen LogP contribution in [0, 0.1) is 19.7 Å². The zero-order chi connectivity index (χ0) is 16.6. The largest absolute Gasteiger partial charge is 0.360 e. The Morgan fingerprint density at radius 3 is 2.83 bits per heavy atom. The summed E-state index contributed by atoms with van der Waals surface area (Å²) in [6, 6.07) is 4.25. The summed E-state index contributed by atoms with van der Waals surface area (Å²) in [6.45, 7) is 3.45. The zero-order valence-electron chi connectivity index (χ0n) is 12.2. The van der Waals surface area contributed by atoms with E-state index in [0.717, 1.165) is 4.88 Å². The SMILES string of the molecule is Cc1cnc(NC(=O)c2c(-c3c(F)cccc3Cl)noc2C)s1. The lowest BCUT2D eigenvalue weighted by Crippen LogP contribution is -2.13. The monoisotopic (exact) mass is 351 g/mol. The summed E-state index contributed by atoms with van der Waals surface area (Å²) < 4.78 is 19.2. The Kier molecular flexibility index (Phi) is 4.14. The number of thiazole rings is 1. The van der Waals surface area contributed by atoms with E-state index < -0.39 is 11.7 Å². The van der Waals surface area contributed by atoms with Crippen LogP contribution < -0.4 is 5.32 Å². The van der Waals surface area contributed by atoms with Crippen LogP contribution in [0.3, 0.4) is 0 Å². The summed E-state index contributed by atoms with van der Waals surface area (Å²) in [6.07, 6.45) is 1.65. The number of benzene rings is 1. The molecule has 8 heteroatoms. The number of amides is 1. The maximum Gasteiger partial charge on any atom is 0.263 e. The number of nitrogens with zero attached hydrogens (tertiary/aromatic N) is 2. The van der Waals surface area contributed by atoms with Gasteiger partial charge < -0.3 is 4.52 Å². The van der Waals surface area contributed by atoms with Crippen LogP contribution in [0.15, 0.2) is 28.9 Å². The second-order valence-electron chi connectivity index (χ2n) is 4.79. The predicted octanol–water partition coefficient (Wildman–Crippen LogP) is 4.46. The lowest BCUT2D eigenvalue weighted by Gasteiger charge is -2.05. The Morgan fingerprint density at radius 1 is 1.39 bits per heavy atom. The maximum atomic E-state index is 14.1. The van der Waals surface area contributed by atoms with Gasteiger partial charge in [-0.15, -0.1) is 11.3 Å². The normalized spacial score (nSPS) is 10.8. The second-order valence-corrected chi connectivity index (χ2v) is 6.43. The van der Waals surface area contributed by atoms with Crippen molar-refractivity contribution in [2.24, 2.45) is 0 Å². The van der Waals surface area contributed by atoms with Crippen molar-refractivity contribution >= 4 is 34.0 Å². The number of rotatable bonds is 3. The molecule has 0 saturated heterocycles. The van der Waals surface area contributed by atoms with E-state index in [0.29, 0.717) is 5.13 Å². The fraction of sp³-hybridized carbons (Fsp3) is 0.133. The Bertz CT molecular complexity index is 870. The number of carbonyl (C=O) groups excluding carboxylic acids is 1. The van der Waals surface area contributed by atoms with Gasteiger partial charge in [-0.05, 0) is 26.0 Å². The van der Waals surface area contributed by atoms with E-state index in [4.69, 9.17) is 16.1 Å². The summed E-state index contributed by atoms with van der Waals surface area (Å²) in [4.78, 5) is 17.5. The molecular weight excluding hydrogens is 341 g/mol. The van der Waals surface area contributed by atoms with Gasteiger partial charge in [-0.25, -0.2) is 9.37 Å². The lowest BCUT2D eigenvalue weighted by molar-refractivity contribution is 0.102. The van der Waals surface area contributed by atoms with Crippen LogP contribution in [0.2, 0.25) is 5.02 Å². The summed E-state index contributed by atoms with van der Waals surface area (Å²) >= 11 is 7.38. The molecule has 1 N–H and O–H groups in total. The number of anilines is 1. The minimum atomic E-state index is -0.579. The standard InChI is InChI=1S/C15H11ClFN3O2S/c1-7-6-18-15(23-7)19-14(21)11-8(2)22-20-13(11)12-9(16)4-3-5-10(12)17/h3-6H,1-2H3,(H,18,19,21). The molecule has 0 atom stereocenters. The van der Waals surface area contributed by atoms with E-state index in [9.17, 15) is 9.18 Å². The van der Waals surface area contributed by atoms with Gasteiger partial charge in [-0.1, -0.05) is 22.8 Å². The molecule has 0 aliphatic heterocycles. The molecule has 0 radical (unpaired) electrons. The molecule has 0 aliphatic rings. The van der Waals surface area contributed by atoms with Gasteiger partial charge in [-0.3, -0.25) is 10.1 Å². The molecule has 5 nitrogen and oxygen atoms in total. The van der Waals surface area contributed by atoms with E-state index in [1.807, 2.05) is 6.92 Å². The molecule has 23 heavy (non-hydrogen) atoms. The highest BCUT2D eigenvalue weighted by Gasteiger charge is 2.25. The highest BCUT2D eigenvalue weighted by Crippen LogP contribution is 2.33. The molecule has 0 bridgehead atoms. The van der Waals surface area contributed by atoms with Gasteiger partial charge in [0.05, 0.1) is 10.6 Å². The number of hydrogen-bond donors (Lipinski definition) is 1. The average molecular weight is 352 g/mol. The molecule has 0 unspecified atom stereocenters. The van der Waals surface area contributed by atoms with Gasteiger partial charge in [0.15, 0.2) is 5.13 Å². The summed E-state index contributed by atoms with van der Waals surface area (Å²) in [5, 5.41) is 7.05. The van der Waals surface area contributed by atoms with Crippen molar-refractivity contribution < 1.29 is 13.7 Å². The van der Waals surface area contributed by atoms with Crippen LogP contribution in [0.1, 0.15) is 21.0 Å². The van der Waals surface area contributed by atoms with Gasteiger partial charge >= 0.3 is 0 Å². The molecule has 1 aromatic carbocycles. The summed E-state index contributed by atoms with van der Waals surface area (Å²) in [5.74, 6) is -0.789. The first-order chi connectivity index (χ1) is 11.0. The van der Waals surface area contributed by atoms with E-state index in [-0.39, 0.29) is 27.6 Å². The number of halogens is 2. The third-order valence-corrected chi connectivity index (χ3v) is 4.27. The van der Waals surface area contributed by atoms with Crippen molar-refractivity contribution in [1.82, 2.24) is 10.1 Å². The molecule has 0 aliphatic carbocycles. The quantitative estimate of drug-likeness (QED) is 0.756. The smallest absolute Gasteiger partial charge is 0.263 e. The van der Waals surface area contributed by atoms with Crippen LogP contribution >= 0.6 is 22.9 Å². The van der Waals surface area contributed by atoms with Crippen molar-refractivity contribution in [3.05, 3.63) is 51.4 Å². The van der Waals surface area contributed by atoms with Gasteiger partial charge in [0.2, 0.25) is 0 Å². The van der Waals surface area contributed by atoms with Crippen LogP contribution in [-0.2, 0) is 0 Å². The number of carbonyl (C=O) groups is 1. The van der Waals surface area contributed by atoms with Gasteiger partial charge in [0, 0.05) is 11.1 Å². The topological polar surface area (TPSA) is 68.0 Å². The van der Waals surface area contributed by atoms with E-state index in [2.05, 4.69) is 15.5 Å². The fourth-order valence-electron chi connectivity index (χ4n) is 2.11. The van der Waals surface area contributed by atoms with Crippen LogP contribution in [0.4, 0.5) is 9.52 Å². The number of aromatic nitrogens is 2. The fourth-order valence-corrected chi connectivity index (χ4v) is 3.02. The molecule has 2 heterocycles. The van der Waals surface area contributed by atoms with Gasteiger partial charge in [0.1, 0.15) is 22.8 Å². The molecule has 0 spiro atoms. The van der Waals surface area contributed by atoms with Gasteiger partial charge in [0.25, 0.3) is 5.91 Å². The second kappa shape index (κ2) is 6.10. The van der Waals surface area contributed by atoms with Crippen molar-refractivity contribution in [3.63, 3.8) is 0 Å². The highest BCUT2D eigenvalue weighted by molar-refractivity contribution is 7.15. The minimum absolute atomic E-state index is 0.0338. The van der Waals surface area contributed by atoms with Crippen molar-refractivity contribution in [3.8, 4) is 11.3 Å². The Morgan fingerprint density at radius 2 is 2.17 bits per heavy atom. The third-order valence-electron chi connectivity index (χ3n) is 3.13. The molecule has 3 rings (SSSR count). The van der Waals surface area contributed by atoms with Crippen LogP contribution in [-0.4, -0.2) is 16.0 Å². The van der Waals surface area contributed by atoms with Crippen LogP contribution in [0.25, 0.3) is 11.3 Å². The first-order valence-electron chi connectivity index (χ1n) is 6.62. The van der Waals surface area contributed by atoms with E-state index in [1.54, 1.807) is 13.1 Å². The number of aryl methyl sites for hydroxylation is 2. The Labute approximate surface area is 140 Å². The third kappa shape index (κ3) is 2.97. The van der Waals surface area contributed by atoms with Crippen molar-refractivity contribution in [1.29, 1.82) is 0 Å². The van der Waals surface area contributed by atoms with Crippen molar-refractivity contribution in [2.45, 2.75) is 13.8 Å². The first-order valence-corrected chi connectivity index (χ1v) is 7.81. The average Bonchev–Trinajstić information content (AvgIpc) is 3.05. The lowest BCUT2D eigenvalue weighted by atomic mass is 10.1. The summed E-state index contributed by atoms with van der Waals surface area (Å²) in [7, 11) is 0. The minimum Gasteiger partial charge on any atom is -0.360 e. The predicted molar refractivity (Wildman–Crippen MR) is 86.4 cm³/mol. The zero-order valence-corrected chi connectivity index (χ0v) is 13.8.